The van der Waals surface area contributed by atoms with Gasteiger partial charge >= 0.3 is 6.09 Å². The molecule has 0 spiro atoms. The molecule has 0 bridgehead atoms. The van der Waals surface area contributed by atoms with Crippen molar-refractivity contribution in [3.63, 3.8) is 0 Å². The minimum Gasteiger partial charge on any atom is -0.468 e. The molecule has 11 heteroatoms. The van der Waals surface area contributed by atoms with Gasteiger partial charge in [0.2, 0.25) is 0 Å². The molecule has 1 N–H and O–H groups in total. The van der Waals surface area contributed by atoms with Gasteiger partial charge in [-0.15, -0.1) is 0 Å². The molecule has 1 aliphatic heterocycles. The van der Waals surface area contributed by atoms with Gasteiger partial charge in [0.05, 0.1) is 23.8 Å². The third-order valence-electron chi connectivity index (χ3n) is 4.84. The smallest absolute Gasteiger partial charge is 0.410 e. The van der Waals surface area contributed by atoms with Crippen LogP contribution in [0.15, 0.2) is 40.5 Å². The number of aliphatic hydroxyl groups excluding tert-OH is 1. The molecule has 1 atom stereocenters. The van der Waals surface area contributed by atoms with Crippen LogP contribution in [0.25, 0.3) is 0 Å². The van der Waals surface area contributed by atoms with E-state index >= 15 is 0 Å². The first-order valence-corrected chi connectivity index (χ1v) is 11.2. The number of carbonyl (C=O) groups excluding carboxylic acids is 2. The topological polar surface area (TPSA) is 135 Å². The number of nitrogens with zero attached hydrogens (tertiary/aromatic N) is 4. The number of allylic oxidation sites excluding steroid dienone is 1. The molecule has 11 nitrogen and oxygen atoms in total. The van der Waals surface area contributed by atoms with Crippen LogP contribution < -0.4 is 0 Å². The zero-order chi connectivity index (χ0) is 26.8. The van der Waals surface area contributed by atoms with Crippen LogP contribution in [0.3, 0.4) is 0 Å². The van der Waals surface area contributed by atoms with E-state index in [-0.39, 0.29) is 12.3 Å². The number of rotatable bonds is 7. The van der Waals surface area contributed by atoms with Gasteiger partial charge in [0.25, 0.3) is 11.7 Å². The molecule has 0 aliphatic carbocycles. The van der Waals surface area contributed by atoms with E-state index in [0.29, 0.717) is 48.7 Å². The predicted molar refractivity (Wildman–Crippen MR) is 132 cm³/mol. The minimum absolute atomic E-state index is 0.0727. The summed E-state index contributed by atoms with van der Waals surface area (Å²) in [4.78, 5) is 42.6. The van der Waals surface area contributed by atoms with Gasteiger partial charge in [-0.2, -0.15) is 0 Å². The van der Waals surface area contributed by atoms with Gasteiger partial charge in [0, 0.05) is 44.4 Å². The number of carbonyl (C=O) groups is 2. The van der Waals surface area contributed by atoms with E-state index in [4.69, 9.17) is 14.6 Å². The second-order valence-electron chi connectivity index (χ2n) is 8.78. The Balaban J connectivity index is 0.00000194. The van der Waals surface area contributed by atoms with E-state index < -0.39 is 22.7 Å². The zero-order valence-electron chi connectivity index (χ0n) is 21.5. The monoisotopic (exact) mass is 492 g/mol. The van der Waals surface area contributed by atoms with Crippen molar-refractivity contribution < 1.29 is 29.1 Å². The van der Waals surface area contributed by atoms with E-state index in [1.807, 2.05) is 0 Å². The van der Waals surface area contributed by atoms with E-state index in [9.17, 15) is 19.7 Å². The molecule has 1 aliphatic rings. The number of non-ortho nitro benzene ring substituents is 1. The Morgan fingerprint density at radius 1 is 1.37 bits per heavy atom. The standard InChI is InChI=1S/C22H30N4O6.C2H6O/c1-15-18(14-27)19(16-9-7-10-17(13-16)26(29)30)25(20(23-15)31-6)12-8-11-24(5)21(28)32-22(2,3)4;1-2-3/h7,9-10,13-14,19H,8,11-12H2,1-6H3;3H,2H2,1H3. The molecule has 1 aromatic carbocycles. The molecule has 0 fully saturated rings. The summed E-state index contributed by atoms with van der Waals surface area (Å²) in [5.74, 6) is 0. The molecule has 1 amide bonds. The zero-order valence-corrected chi connectivity index (χ0v) is 21.5. The predicted octanol–water partition coefficient (Wildman–Crippen LogP) is 3.68. The number of aliphatic imine (C=N–C) groups is 1. The van der Waals surface area contributed by atoms with Crippen LogP contribution in [0.4, 0.5) is 10.5 Å². The van der Waals surface area contributed by atoms with Crippen molar-refractivity contribution in [1.29, 1.82) is 0 Å². The van der Waals surface area contributed by atoms with E-state index in [1.165, 1.54) is 24.1 Å². The van der Waals surface area contributed by atoms with Crippen molar-refractivity contribution in [1.82, 2.24) is 9.80 Å². The Hall–Kier alpha value is -3.47. The van der Waals surface area contributed by atoms with Crippen molar-refractivity contribution in [2.24, 2.45) is 4.99 Å². The number of hydrogen-bond donors (Lipinski definition) is 1. The number of nitro groups is 1. The van der Waals surface area contributed by atoms with Crippen LogP contribution in [0.2, 0.25) is 0 Å². The number of amidine groups is 1. The molecule has 35 heavy (non-hydrogen) atoms. The molecule has 0 saturated carbocycles. The summed E-state index contributed by atoms with van der Waals surface area (Å²) in [5, 5.41) is 18.8. The van der Waals surface area contributed by atoms with Gasteiger partial charge in [0.1, 0.15) is 11.9 Å². The van der Waals surface area contributed by atoms with Gasteiger partial charge in [-0.3, -0.25) is 14.9 Å². The number of hydrogen-bond acceptors (Lipinski definition) is 9. The molecular formula is C24H36N4O7. The molecule has 1 unspecified atom stereocenters. The van der Waals surface area contributed by atoms with Gasteiger partial charge < -0.3 is 24.4 Å². The van der Waals surface area contributed by atoms with E-state index in [2.05, 4.69) is 4.99 Å². The summed E-state index contributed by atoms with van der Waals surface area (Å²) < 4.78 is 10.8. The third-order valence-corrected chi connectivity index (χ3v) is 4.84. The minimum atomic E-state index is -0.605. The van der Waals surface area contributed by atoms with Crippen molar-refractivity contribution in [2.75, 3.05) is 33.9 Å². The summed E-state index contributed by atoms with van der Waals surface area (Å²) in [5.41, 5.74) is 0.784. The van der Waals surface area contributed by atoms with Crippen LogP contribution >= 0.6 is 0 Å². The lowest BCUT2D eigenvalue weighted by molar-refractivity contribution is -0.384. The Kier molecular flexibility index (Phi) is 11.3. The van der Waals surface area contributed by atoms with Crippen LogP contribution in [-0.4, -0.2) is 77.7 Å². The molecule has 2 rings (SSSR count). The molecule has 194 valence electrons. The number of ether oxygens (including phenoxy) is 2. The van der Waals surface area contributed by atoms with Gasteiger partial charge in [-0.1, -0.05) is 12.1 Å². The van der Waals surface area contributed by atoms with Crippen molar-refractivity contribution >= 4 is 24.1 Å². The van der Waals surface area contributed by atoms with Gasteiger partial charge in [-0.25, -0.2) is 9.79 Å². The Morgan fingerprint density at radius 3 is 2.51 bits per heavy atom. The molecular weight excluding hydrogens is 456 g/mol. The average Bonchev–Trinajstić information content (AvgIpc) is 2.78. The number of nitro benzene ring substituents is 1. The van der Waals surface area contributed by atoms with Crippen molar-refractivity contribution in [3.8, 4) is 0 Å². The number of aldehydes is 1. The van der Waals surface area contributed by atoms with Crippen molar-refractivity contribution in [2.45, 2.75) is 52.7 Å². The maximum Gasteiger partial charge on any atom is 0.410 e. The van der Waals surface area contributed by atoms with E-state index in [0.717, 1.165) is 0 Å². The fourth-order valence-electron chi connectivity index (χ4n) is 3.36. The number of aliphatic hydroxyl groups is 1. The first kappa shape index (κ1) is 29.6. The second kappa shape index (κ2) is 13.4. The summed E-state index contributed by atoms with van der Waals surface area (Å²) in [7, 11) is 3.12. The lowest BCUT2D eigenvalue weighted by atomic mass is 9.95. The highest BCUT2D eigenvalue weighted by molar-refractivity contribution is 5.85. The quantitative estimate of drug-likeness (QED) is 0.346. The molecule has 0 saturated heterocycles. The highest BCUT2D eigenvalue weighted by Gasteiger charge is 2.33. The van der Waals surface area contributed by atoms with Crippen LogP contribution in [-0.2, 0) is 14.3 Å². The fraction of sp³-hybridized carbons (Fsp3) is 0.542. The summed E-state index contributed by atoms with van der Waals surface area (Å²) in [6, 6.07) is 5.84. The fourth-order valence-corrected chi connectivity index (χ4v) is 3.36. The Labute approximate surface area is 206 Å². The number of methoxy groups -OCH3 is 1. The highest BCUT2D eigenvalue weighted by atomic mass is 16.6. The normalized spacial score (nSPS) is 15.5. The Morgan fingerprint density at radius 2 is 2.00 bits per heavy atom. The van der Waals surface area contributed by atoms with Crippen molar-refractivity contribution in [3.05, 3.63) is 51.2 Å². The van der Waals surface area contributed by atoms with E-state index in [1.54, 1.807) is 58.7 Å². The number of benzene rings is 1. The SMILES string of the molecule is CCO.COC1=NC(C)=C(C=O)C(c2cccc([N+](=O)[O-])c2)N1CCCN(C)C(=O)OC(C)(C)C. The highest BCUT2D eigenvalue weighted by Crippen LogP contribution is 2.35. The summed E-state index contributed by atoms with van der Waals surface area (Å²) in [6.07, 6.45) is 0.805. The first-order chi connectivity index (χ1) is 16.4. The molecule has 0 radical (unpaired) electrons. The van der Waals surface area contributed by atoms with Crippen LogP contribution in [0.1, 0.15) is 52.6 Å². The second-order valence-corrected chi connectivity index (χ2v) is 8.78. The molecule has 1 aromatic rings. The number of amides is 1. The largest absolute Gasteiger partial charge is 0.468 e. The molecule has 0 aromatic heterocycles. The van der Waals surface area contributed by atoms with Crippen LogP contribution in [0, 0.1) is 10.1 Å². The summed E-state index contributed by atoms with van der Waals surface area (Å²) in [6.45, 7) is 9.80. The molecule has 1 heterocycles. The third kappa shape index (κ3) is 8.67. The summed E-state index contributed by atoms with van der Waals surface area (Å²) >= 11 is 0. The first-order valence-electron chi connectivity index (χ1n) is 11.2. The average molecular weight is 493 g/mol. The van der Waals surface area contributed by atoms with Gasteiger partial charge in [-0.05, 0) is 46.6 Å². The van der Waals surface area contributed by atoms with Crippen LogP contribution in [0.5, 0.6) is 0 Å². The Bertz CT molecular complexity index is 953. The van der Waals surface area contributed by atoms with Gasteiger partial charge in [0.15, 0.2) is 0 Å². The maximum atomic E-state index is 12.2. The lowest BCUT2D eigenvalue weighted by Gasteiger charge is -2.37. The maximum absolute atomic E-state index is 12.2. The lowest BCUT2D eigenvalue weighted by Crippen LogP contribution is -2.42.